The highest BCUT2D eigenvalue weighted by Crippen LogP contribution is 2.24. The molecule has 0 amide bonds. The molecule has 0 bridgehead atoms. The van der Waals surface area contributed by atoms with Gasteiger partial charge >= 0.3 is 0 Å². The maximum Gasteiger partial charge on any atom is 0.157 e. The fourth-order valence-electron chi connectivity index (χ4n) is 2.67. The van der Waals surface area contributed by atoms with Crippen molar-refractivity contribution in [3.05, 3.63) is 51.8 Å². The van der Waals surface area contributed by atoms with E-state index in [4.69, 9.17) is 0 Å². The van der Waals surface area contributed by atoms with Crippen LogP contribution in [-0.2, 0) is 13.6 Å². The number of hydrogen-bond donors (Lipinski definition) is 0. The van der Waals surface area contributed by atoms with E-state index < -0.39 is 0 Å². The topological polar surface area (TPSA) is 34.0 Å². The minimum atomic E-state index is 0.818. The first-order chi connectivity index (χ1) is 10.5. The number of halogens is 1. The van der Waals surface area contributed by atoms with Gasteiger partial charge in [0.05, 0.1) is 5.69 Å². The number of fused-ring (bicyclic) bond motifs is 1. The van der Waals surface area contributed by atoms with Gasteiger partial charge in [0, 0.05) is 42.4 Å². The van der Waals surface area contributed by atoms with Gasteiger partial charge in [0.1, 0.15) is 0 Å². The van der Waals surface area contributed by atoms with E-state index >= 15 is 0 Å². The summed E-state index contributed by atoms with van der Waals surface area (Å²) in [6.07, 6.45) is 1.94. The van der Waals surface area contributed by atoms with Gasteiger partial charge in [0.25, 0.3) is 0 Å². The Bertz CT molecular complexity index is 838. The highest BCUT2D eigenvalue weighted by atomic mass is 79.9. The molecule has 5 heteroatoms. The molecule has 0 unspecified atom stereocenters. The molecule has 0 aliphatic carbocycles. The van der Waals surface area contributed by atoms with Gasteiger partial charge in [-0.3, -0.25) is 4.68 Å². The first-order valence-corrected chi connectivity index (χ1v) is 8.00. The molecule has 2 heterocycles. The number of hydrogen-bond acceptors (Lipinski definition) is 3. The number of aryl methyl sites for hydroxylation is 3. The van der Waals surface area contributed by atoms with Crippen LogP contribution in [0.2, 0.25) is 0 Å². The van der Waals surface area contributed by atoms with Gasteiger partial charge in [0.2, 0.25) is 0 Å². The molecule has 0 aliphatic heterocycles. The van der Waals surface area contributed by atoms with Crippen LogP contribution in [0, 0.1) is 13.8 Å². The number of benzene rings is 1. The largest absolute Gasteiger partial charge is 0.370 e. The number of aromatic nitrogens is 3. The summed E-state index contributed by atoms with van der Waals surface area (Å²) in [5.74, 6) is 0. The van der Waals surface area contributed by atoms with E-state index in [1.807, 2.05) is 24.9 Å². The number of rotatable bonds is 3. The van der Waals surface area contributed by atoms with Crippen LogP contribution < -0.4 is 4.90 Å². The van der Waals surface area contributed by atoms with Crippen LogP contribution in [0.4, 0.5) is 5.69 Å². The molecule has 2 aromatic heterocycles. The molecule has 22 heavy (non-hydrogen) atoms. The molecule has 1 aromatic carbocycles. The van der Waals surface area contributed by atoms with E-state index in [-0.39, 0.29) is 0 Å². The van der Waals surface area contributed by atoms with Gasteiger partial charge < -0.3 is 4.90 Å². The van der Waals surface area contributed by atoms with Crippen LogP contribution in [0.25, 0.3) is 11.0 Å². The fraction of sp³-hybridized carbons (Fsp3) is 0.294. The van der Waals surface area contributed by atoms with Crippen molar-refractivity contribution in [3.63, 3.8) is 0 Å². The Morgan fingerprint density at radius 2 is 2.00 bits per heavy atom. The van der Waals surface area contributed by atoms with Gasteiger partial charge in [-0.2, -0.15) is 5.10 Å². The van der Waals surface area contributed by atoms with Crippen molar-refractivity contribution in [2.45, 2.75) is 20.4 Å². The molecule has 0 fully saturated rings. The zero-order valence-corrected chi connectivity index (χ0v) is 14.8. The highest BCUT2D eigenvalue weighted by Gasteiger charge is 2.09. The first-order valence-electron chi connectivity index (χ1n) is 7.21. The first kappa shape index (κ1) is 15.0. The number of pyridine rings is 1. The van der Waals surface area contributed by atoms with Crippen LogP contribution >= 0.6 is 15.9 Å². The second-order valence-corrected chi connectivity index (χ2v) is 6.57. The molecule has 3 rings (SSSR count). The van der Waals surface area contributed by atoms with Crippen molar-refractivity contribution in [2.24, 2.45) is 7.05 Å². The van der Waals surface area contributed by atoms with Crippen molar-refractivity contribution >= 4 is 32.7 Å². The van der Waals surface area contributed by atoms with Crippen LogP contribution in [-0.4, -0.2) is 21.8 Å². The second-order valence-electron chi connectivity index (χ2n) is 5.71. The third-order valence-corrected chi connectivity index (χ3v) is 4.81. The van der Waals surface area contributed by atoms with Crippen molar-refractivity contribution in [3.8, 4) is 0 Å². The lowest BCUT2D eigenvalue weighted by molar-refractivity contribution is 0.773. The quantitative estimate of drug-likeness (QED) is 0.709. The molecule has 0 aliphatic rings. The third-order valence-electron chi connectivity index (χ3n) is 3.92. The monoisotopic (exact) mass is 358 g/mol. The molecular weight excluding hydrogens is 340 g/mol. The molecule has 3 aromatic rings. The van der Waals surface area contributed by atoms with E-state index in [2.05, 4.69) is 69.1 Å². The van der Waals surface area contributed by atoms with E-state index in [0.29, 0.717) is 0 Å². The lowest BCUT2D eigenvalue weighted by Gasteiger charge is -2.20. The number of nitrogens with zero attached hydrogens (tertiary/aromatic N) is 4. The molecule has 0 saturated heterocycles. The second kappa shape index (κ2) is 5.72. The maximum atomic E-state index is 4.55. The highest BCUT2D eigenvalue weighted by molar-refractivity contribution is 9.10. The predicted octanol–water partition coefficient (Wildman–Crippen LogP) is 3.98. The predicted molar refractivity (Wildman–Crippen MR) is 94.2 cm³/mol. The van der Waals surface area contributed by atoms with Gasteiger partial charge in [-0.25, -0.2) is 4.98 Å². The van der Waals surface area contributed by atoms with Crippen molar-refractivity contribution in [1.29, 1.82) is 0 Å². The average Bonchev–Trinajstić information content (AvgIpc) is 2.76. The number of anilines is 1. The molecule has 114 valence electrons. The average molecular weight is 359 g/mol. The van der Waals surface area contributed by atoms with E-state index in [0.717, 1.165) is 27.7 Å². The summed E-state index contributed by atoms with van der Waals surface area (Å²) in [6, 6.07) is 8.59. The summed E-state index contributed by atoms with van der Waals surface area (Å²) >= 11 is 3.54. The Morgan fingerprint density at radius 3 is 2.73 bits per heavy atom. The maximum absolute atomic E-state index is 4.55. The van der Waals surface area contributed by atoms with Gasteiger partial charge in [-0.1, -0.05) is 15.9 Å². The SMILES string of the molecule is Cc1cc(N(C)Cc2cnc3c(c2)c(C)nn3C)ccc1Br. The van der Waals surface area contributed by atoms with E-state index in [9.17, 15) is 0 Å². The van der Waals surface area contributed by atoms with Crippen LogP contribution in [0.15, 0.2) is 34.9 Å². The van der Waals surface area contributed by atoms with E-state index in [1.165, 1.54) is 16.8 Å². The lowest BCUT2D eigenvalue weighted by atomic mass is 10.1. The van der Waals surface area contributed by atoms with Crippen LogP contribution in [0.5, 0.6) is 0 Å². The Kier molecular flexibility index (Phi) is 3.91. The fourth-order valence-corrected chi connectivity index (χ4v) is 2.92. The zero-order chi connectivity index (χ0) is 15.9. The van der Waals surface area contributed by atoms with Crippen LogP contribution in [0.3, 0.4) is 0 Å². The summed E-state index contributed by atoms with van der Waals surface area (Å²) in [5, 5.41) is 5.55. The van der Waals surface area contributed by atoms with E-state index in [1.54, 1.807) is 0 Å². The van der Waals surface area contributed by atoms with Crippen LogP contribution in [0.1, 0.15) is 16.8 Å². The van der Waals surface area contributed by atoms with Gasteiger partial charge in [-0.15, -0.1) is 0 Å². The summed E-state index contributed by atoms with van der Waals surface area (Å²) in [6.45, 7) is 4.95. The smallest absolute Gasteiger partial charge is 0.157 e. The summed E-state index contributed by atoms with van der Waals surface area (Å²) in [7, 11) is 4.03. The van der Waals surface area contributed by atoms with Crippen molar-refractivity contribution in [2.75, 3.05) is 11.9 Å². The van der Waals surface area contributed by atoms with Gasteiger partial charge in [-0.05, 0) is 49.2 Å². The zero-order valence-electron chi connectivity index (χ0n) is 13.3. The summed E-state index contributed by atoms with van der Waals surface area (Å²) < 4.78 is 2.97. The summed E-state index contributed by atoms with van der Waals surface area (Å²) in [4.78, 5) is 6.78. The minimum Gasteiger partial charge on any atom is -0.370 e. The normalized spacial score (nSPS) is 11.1. The summed E-state index contributed by atoms with van der Waals surface area (Å²) in [5.41, 5.74) is 5.58. The molecule has 0 N–H and O–H groups in total. The lowest BCUT2D eigenvalue weighted by Crippen LogP contribution is -2.16. The molecule has 0 atom stereocenters. The minimum absolute atomic E-state index is 0.818. The molecular formula is C17H19BrN4. The molecule has 0 radical (unpaired) electrons. The van der Waals surface area contributed by atoms with Gasteiger partial charge in [0.15, 0.2) is 5.65 Å². The Labute approximate surface area is 138 Å². The Hall–Kier alpha value is -1.88. The molecule has 4 nitrogen and oxygen atoms in total. The molecule has 0 spiro atoms. The molecule has 0 saturated carbocycles. The van der Waals surface area contributed by atoms with Crippen molar-refractivity contribution < 1.29 is 0 Å². The third kappa shape index (κ3) is 2.73. The Morgan fingerprint density at radius 1 is 1.23 bits per heavy atom. The Balaban J connectivity index is 1.88. The standard InChI is InChI=1S/C17H19BrN4/c1-11-7-14(5-6-16(11)18)21(3)10-13-8-15-12(2)20-22(4)17(15)19-9-13/h5-9H,10H2,1-4H3. The van der Waals surface area contributed by atoms with Crippen molar-refractivity contribution in [1.82, 2.24) is 14.8 Å².